The number of benzene rings is 2. The molecule has 19 heavy (non-hydrogen) atoms. The maximum absolute atomic E-state index is 13.2. The summed E-state index contributed by atoms with van der Waals surface area (Å²) in [6, 6.07) is 7.20. The van der Waals surface area contributed by atoms with Crippen LogP contribution in [0.5, 0.6) is 0 Å². The molecule has 0 saturated heterocycles. The largest absolute Gasteiger partial charge is 0.396 e. The summed E-state index contributed by atoms with van der Waals surface area (Å²) in [6.07, 6.45) is 0. The first-order chi connectivity index (χ1) is 8.97. The van der Waals surface area contributed by atoms with E-state index in [1.54, 1.807) is 0 Å². The SMILES string of the molecule is Nc1ccc(C(=O)Nc2cc(F)ccc2Cl)cc1F. The van der Waals surface area contributed by atoms with Gasteiger partial charge in [0, 0.05) is 5.56 Å². The Bertz CT molecular complexity index is 647. The minimum atomic E-state index is -0.696. The lowest BCUT2D eigenvalue weighted by molar-refractivity contribution is 0.102. The molecule has 3 nitrogen and oxygen atoms in total. The van der Waals surface area contributed by atoms with Gasteiger partial charge < -0.3 is 11.1 Å². The number of carbonyl (C=O) groups excluding carboxylic acids is 1. The van der Waals surface area contributed by atoms with Crippen LogP contribution in [0.4, 0.5) is 20.2 Å². The molecule has 2 aromatic carbocycles. The van der Waals surface area contributed by atoms with Gasteiger partial charge in [0.05, 0.1) is 16.4 Å². The molecule has 0 fully saturated rings. The molecule has 0 aliphatic rings. The first-order valence-corrected chi connectivity index (χ1v) is 5.66. The molecule has 2 aromatic rings. The second-order valence-electron chi connectivity index (χ2n) is 3.81. The van der Waals surface area contributed by atoms with E-state index in [1.165, 1.54) is 24.3 Å². The Morgan fingerprint density at radius 1 is 1.16 bits per heavy atom. The van der Waals surface area contributed by atoms with Gasteiger partial charge in [-0.3, -0.25) is 4.79 Å². The van der Waals surface area contributed by atoms with Gasteiger partial charge >= 0.3 is 0 Å². The van der Waals surface area contributed by atoms with E-state index in [1.807, 2.05) is 0 Å². The third kappa shape index (κ3) is 3.00. The van der Waals surface area contributed by atoms with Crippen molar-refractivity contribution in [1.82, 2.24) is 0 Å². The molecule has 0 radical (unpaired) electrons. The Hall–Kier alpha value is -2.14. The minimum absolute atomic E-state index is 0.0552. The molecule has 0 aliphatic carbocycles. The number of nitrogen functional groups attached to an aromatic ring is 1. The van der Waals surface area contributed by atoms with Crippen LogP contribution in [-0.2, 0) is 0 Å². The molecule has 0 atom stereocenters. The van der Waals surface area contributed by atoms with Gasteiger partial charge in [-0.2, -0.15) is 0 Å². The topological polar surface area (TPSA) is 55.1 Å². The minimum Gasteiger partial charge on any atom is -0.396 e. The zero-order valence-electron chi connectivity index (χ0n) is 9.58. The van der Waals surface area contributed by atoms with Crippen LogP contribution in [-0.4, -0.2) is 5.91 Å². The van der Waals surface area contributed by atoms with Crippen LogP contribution >= 0.6 is 11.6 Å². The summed E-state index contributed by atoms with van der Waals surface area (Å²) in [6.45, 7) is 0. The fourth-order valence-electron chi connectivity index (χ4n) is 1.46. The number of amides is 1. The molecule has 0 spiro atoms. The quantitative estimate of drug-likeness (QED) is 0.829. The normalized spacial score (nSPS) is 10.3. The van der Waals surface area contributed by atoms with Crippen molar-refractivity contribution < 1.29 is 13.6 Å². The number of carbonyl (C=O) groups is 1. The number of hydrogen-bond acceptors (Lipinski definition) is 2. The van der Waals surface area contributed by atoms with E-state index in [-0.39, 0.29) is 22.0 Å². The van der Waals surface area contributed by atoms with Crippen molar-refractivity contribution in [2.45, 2.75) is 0 Å². The lowest BCUT2D eigenvalue weighted by atomic mass is 10.2. The highest BCUT2D eigenvalue weighted by molar-refractivity contribution is 6.33. The summed E-state index contributed by atoms with van der Waals surface area (Å²) in [5.74, 6) is -1.84. The van der Waals surface area contributed by atoms with Gasteiger partial charge in [-0.25, -0.2) is 8.78 Å². The average molecular weight is 283 g/mol. The molecule has 1 amide bonds. The Labute approximate surface area is 113 Å². The molecule has 6 heteroatoms. The van der Waals surface area contributed by atoms with Crippen molar-refractivity contribution in [2.24, 2.45) is 0 Å². The monoisotopic (exact) mass is 282 g/mol. The molecule has 0 unspecified atom stereocenters. The third-order valence-corrected chi connectivity index (χ3v) is 2.77. The molecule has 0 bridgehead atoms. The van der Waals surface area contributed by atoms with Crippen LogP contribution < -0.4 is 11.1 Å². The van der Waals surface area contributed by atoms with Crippen molar-refractivity contribution in [3.8, 4) is 0 Å². The van der Waals surface area contributed by atoms with Crippen LogP contribution in [0.1, 0.15) is 10.4 Å². The zero-order valence-corrected chi connectivity index (χ0v) is 10.3. The van der Waals surface area contributed by atoms with Crippen molar-refractivity contribution >= 4 is 28.9 Å². The van der Waals surface area contributed by atoms with E-state index >= 15 is 0 Å². The molecule has 0 heterocycles. The second kappa shape index (κ2) is 5.24. The van der Waals surface area contributed by atoms with Gasteiger partial charge in [-0.1, -0.05) is 11.6 Å². The van der Waals surface area contributed by atoms with Crippen LogP contribution in [0.25, 0.3) is 0 Å². The molecule has 0 saturated carbocycles. The van der Waals surface area contributed by atoms with E-state index < -0.39 is 17.5 Å². The number of nitrogens with two attached hydrogens (primary N) is 1. The van der Waals surface area contributed by atoms with E-state index in [2.05, 4.69) is 5.32 Å². The Balaban J connectivity index is 2.25. The molecule has 0 aromatic heterocycles. The summed E-state index contributed by atoms with van der Waals surface area (Å²) in [5, 5.41) is 2.58. The van der Waals surface area contributed by atoms with Crippen molar-refractivity contribution in [3.05, 3.63) is 58.6 Å². The second-order valence-corrected chi connectivity index (χ2v) is 4.22. The molecular weight excluding hydrogens is 274 g/mol. The molecule has 98 valence electrons. The summed E-state index contributed by atoms with van der Waals surface area (Å²) in [5.41, 5.74) is 5.43. The smallest absolute Gasteiger partial charge is 0.255 e. The van der Waals surface area contributed by atoms with E-state index in [0.29, 0.717) is 0 Å². The maximum Gasteiger partial charge on any atom is 0.255 e. The van der Waals surface area contributed by atoms with Crippen LogP contribution in [0.3, 0.4) is 0 Å². The van der Waals surface area contributed by atoms with E-state index in [0.717, 1.165) is 12.1 Å². The van der Waals surface area contributed by atoms with Crippen LogP contribution in [0.2, 0.25) is 5.02 Å². The van der Waals surface area contributed by atoms with Crippen molar-refractivity contribution in [2.75, 3.05) is 11.1 Å². The number of hydrogen-bond donors (Lipinski definition) is 2. The summed E-state index contributed by atoms with van der Waals surface area (Å²) < 4.78 is 26.3. The average Bonchev–Trinajstić information content (AvgIpc) is 2.37. The third-order valence-electron chi connectivity index (χ3n) is 2.44. The van der Waals surface area contributed by atoms with Gasteiger partial charge in [0.2, 0.25) is 0 Å². The first-order valence-electron chi connectivity index (χ1n) is 5.29. The number of halogens is 3. The molecule has 0 aliphatic heterocycles. The summed E-state index contributed by atoms with van der Waals surface area (Å²) in [4.78, 5) is 11.8. The number of rotatable bonds is 2. The predicted octanol–water partition coefficient (Wildman–Crippen LogP) is 3.45. The highest BCUT2D eigenvalue weighted by Crippen LogP contribution is 2.23. The molecule has 2 rings (SSSR count). The van der Waals surface area contributed by atoms with Crippen LogP contribution in [0.15, 0.2) is 36.4 Å². The summed E-state index contributed by atoms with van der Waals surface area (Å²) in [7, 11) is 0. The fraction of sp³-hybridized carbons (Fsp3) is 0. The van der Waals surface area contributed by atoms with E-state index in [4.69, 9.17) is 17.3 Å². The predicted molar refractivity (Wildman–Crippen MR) is 70.2 cm³/mol. The molecular formula is C13H9ClF2N2O. The highest BCUT2D eigenvalue weighted by Gasteiger charge is 2.11. The zero-order chi connectivity index (χ0) is 14.0. The van der Waals surface area contributed by atoms with Gasteiger partial charge in [0.1, 0.15) is 11.6 Å². The van der Waals surface area contributed by atoms with E-state index in [9.17, 15) is 13.6 Å². The van der Waals surface area contributed by atoms with Gasteiger partial charge in [0.25, 0.3) is 5.91 Å². The molecule has 3 N–H and O–H groups in total. The van der Waals surface area contributed by atoms with Crippen molar-refractivity contribution in [3.63, 3.8) is 0 Å². The number of nitrogens with one attached hydrogen (secondary N) is 1. The Morgan fingerprint density at radius 3 is 2.58 bits per heavy atom. The Kier molecular flexibility index (Phi) is 3.66. The maximum atomic E-state index is 13.2. The fourth-order valence-corrected chi connectivity index (χ4v) is 1.62. The standard InChI is InChI=1S/C13H9ClF2N2O/c14-9-3-2-8(15)6-12(9)18-13(19)7-1-4-11(17)10(16)5-7/h1-6H,17H2,(H,18,19). The first kappa shape index (κ1) is 13.3. The lowest BCUT2D eigenvalue weighted by Gasteiger charge is -2.08. The number of anilines is 2. The van der Waals surface area contributed by atoms with Crippen LogP contribution in [0, 0.1) is 11.6 Å². The van der Waals surface area contributed by atoms with Gasteiger partial charge in [-0.15, -0.1) is 0 Å². The van der Waals surface area contributed by atoms with Gasteiger partial charge in [-0.05, 0) is 36.4 Å². The highest BCUT2D eigenvalue weighted by atomic mass is 35.5. The summed E-state index contributed by atoms with van der Waals surface area (Å²) >= 11 is 5.81. The van der Waals surface area contributed by atoms with Crippen molar-refractivity contribution in [1.29, 1.82) is 0 Å². The lowest BCUT2D eigenvalue weighted by Crippen LogP contribution is -2.13. The Morgan fingerprint density at radius 2 is 1.89 bits per heavy atom. The van der Waals surface area contributed by atoms with Gasteiger partial charge in [0.15, 0.2) is 0 Å².